The van der Waals surface area contributed by atoms with Crippen molar-refractivity contribution < 1.29 is 120 Å². The summed E-state index contributed by atoms with van der Waals surface area (Å²) in [5, 5.41) is 58.0. The quantitative estimate of drug-likeness (QED) is 0.00264. The van der Waals surface area contributed by atoms with Crippen molar-refractivity contribution in [3.63, 3.8) is 0 Å². The largest absolute Gasteiger partial charge is 1.00 e. The van der Waals surface area contributed by atoms with Crippen molar-refractivity contribution in [3.05, 3.63) is 186 Å². The van der Waals surface area contributed by atoms with Gasteiger partial charge in [0.1, 0.15) is 67.6 Å². The molecule has 6 aromatic carbocycles. The van der Waals surface area contributed by atoms with E-state index >= 15 is 4.39 Å². The predicted molar refractivity (Wildman–Crippen MR) is 546 cm³/mol. The SMILES string of the molecule is C.CC(=O)NC[C@H]1CN(c2ccc(-c3ccc(CCl)cc3)c(F)c2)C(=O)O1.CC(=O)NC[C@H]1CN(c2ccc(-c3ccc(CN(CCSc4cn[nH]n4)C(=O)OC(C)(C)C)cc3)c(F)c2)C(=O)O1.CC(=O)NC[C@H]1CN(c2ccc(-c3ccc(CNCCSc4cn[nH]n4)cc3)c(F)c2)C(=O)O1.CC(C)(C)OC(=O)CCCCBr.CC(C)(C)OC(=O)NCCCSc1cn[nH]n1.Cl.Cl.[2H]CF.[Na+].[S-]c1cn[nH]n1. The van der Waals surface area contributed by atoms with Gasteiger partial charge in [0.25, 0.3) is 0 Å². The van der Waals surface area contributed by atoms with E-state index in [1.165, 1.54) is 71.6 Å². The number of anilines is 3. The first-order valence-electron chi connectivity index (χ1n) is 44.1. The van der Waals surface area contributed by atoms with Crippen molar-refractivity contribution in [2.45, 2.75) is 190 Å². The summed E-state index contributed by atoms with van der Waals surface area (Å²) in [6, 6.07) is 36.1. The van der Waals surface area contributed by atoms with Crippen LogP contribution in [0, 0.1) is 17.5 Å². The van der Waals surface area contributed by atoms with Gasteiger partial charge in [-0.1, -0.05) is 96.2 Å². The molecule has 7 heterocycles. The Balaban J connectivity index is 0.000000467. The number of unbranched alkanes of at least 4 members (excludes halogenated alkanes) is 1. The minimum atomic E-state index is -1.00. The van der Waals surface area contributed by atoms with Crippen molar-refractivity contribution in [2.24, 2.45) is 0 Å². The molecule has 0 aliphatic carbocycles. The number of cyclic esters (lactones) is 3. The monoisotopic (exact) mass is 2180 g/mol. The number of hydrogen-bond acceptors (Lipinski definition) is 28. The van der Waals surface area contributed by atoms with Gasteiger partial charge in [0.2, 0.25) is 17.7 Å². The molecule has 0 spiro atoms. The van der Waals surface area contributed by atoms with Crippen molar-refractivity contribution in [3.8, 4) is 33.4 Å². The number of rotatable bonds is 34. The number of benzene rings is 6. The second-order valence-corrected chi connectivity index (χ2v) is 38.1. The van der Waals surface area contributed by atoms with Gasteiger partial charge in [0.05, 0.1) is 83.4 Å². The standard InChI is InChI=1S/C28H33FN6O5S.C23H25FN6O3S.C19H18ClFN2O3.C10H18N4O2S.C9H17BrO2.C2H3N3S.CH3F.CH4.2ClH.Na/c1-18(36)30-14-22-17-35(27(38)39-22)21-9-10-23(24(29)13-21)20-7-5-19(6-8-20)16-34(26(37)40-28(2,3)4)11-12-41-25-15-31-33-32-25;1-15(31)26-12-19-14-30(23(32)33-19)18-6-7-20(21(24)10-18)17-4-2-16(3-5-17)11-25-8-9-34-22-13-27-29-28-22;1-12(24)22-10-16-11-23(19(25)26-16)15-6-7-17(18(21)8-15)14-4-2-13(9-20)3-5-14;1-10(2,3)16-9(15)11-5-4-6-17-8-7-12-14-13-8;1-9(2,3)12-8(11)6-4-5-7-10;6-2-1-3-5-4-2;1-2;;;;/h5-10,13,15,22H,11-12,14,16-17H2,1-4H3,(H,30,36)(H,31,32,33);2-7,10,13,19,25H,8-9,11-12,14H2,1H3,(H,26,31)(H,27,28,29);2-8,16H,9-11H2,1H3,(H,22,24);7H,4-6H2,1-3H3,(H,11,15)(H,12,13,14);4-7H2,1-3H3;1H,(H2,3,4,5,6);1H3;1H4;2*1H;/q;;;;;;;;;;+1/p-1/t22-;19-;16-;;;;;;;;/m000......../s1/i;;;;;;1D;;;;. The third-order valence-electron chi connectivity index (χ3n) is 18.6. The Kier molecular flexibility index (Phi) is 56.6. The van der Waals surface area contributed by atoms with Crippen LogP contribution in [0.4, 0.5) is 58.6 Å². The van der Waals surface area contributed by atoms with Gasteiger partial charge in [-0.15, -0.1) is 87.0 Å². The fourth-order valence-corrected chi connectivity index (χ4v) is 15.2. The molecule has 49 heteroatoms. The van der Waals surface area contributed by atoms with E-state index in [4.69, 9.17) is 41.4 Å². The number of H-pyrrole nitrogens is 4. The molecule has 3 saturated heterocycles. The number of alkyl carbamates (subject to hydrolysis) is 1. The number of thioether (sulfide) groups is 3. The van der Waals surface area contributed by atoms with Crippen molar-refractivity contribution >= 4 is 171 Å². The van der Waals surface area contributed by atoms with Crippen LogP contribution >= 0.6 is 87.6 Å². The van der Waals surface area contributed by atoms with E-state index < -0.39 is 78.5 Å². The first-order chi connectivity index (χ1) is 66.2. The van der Waals surface area contributed by atoms with Crippen LogP contribution in [0.15, 0.2) is 172 Å². The summed E-state index contributed by atoms with van der Waals surface area (Å²) >= 11 is 18.3. The Morgan fingerprint density at radius 1 is 0.521 bits per heavy atom. The second kappa shape index (κ2) is 64.9. The zero-order chi connectivity index (χ0) is 102. The van der Waals surface area contributed by atoms with Crippen LogP contribution in [-0.4, -0.2) is 244 Å². The van der Waals surface area contributed by atoms with Crippen LogP contribution in [-0.2, 0) is 79.2 Å². The van der Waals surface area contributed by atoms with Crippen LogP contribution in [0.2, 0.25) is 0 Å². The third kappa shape index (κ3) is 46.9. The molecule has 3 fully saturated rings. The summed E-state index contributed by atoms with van der Waals surface area (Å²) < 4.78 is 91.7. The maximum absolute atomic E-state index is 15.2. The molecule has 4 aromatic heterocycles. The van der Waals surface area contributed by atoms with E-state index in [1.807, 2.05) is 123 Å². The van der Waals surface area contributed by atoms with Gasteiger partial charge < -0.3 is 72.5 Å². The molecular formula is C93H122BrCl3F4N21NaO15S4. The molecule has 3 aliphatic heterocycles. The number of nitrogens with zero attached hydrogens (tertiary/aromatic N) is 12. The van der Waals surface area contributed by atoms with Gasteiger partial charge in [0.15, 0.2) is 0 Å². The molecule has 9 N–H and O–H groups in total. The maximum atomic E-state index is 15.2. The van der Waals surface area contributed by atoms with Crippen molar-refractivity contribution in [1.29, 1.82) is 0 Å². The minimum Gasteiger partial charge on any atom is -0.757 e. The summed E-state index contributed by atoms with van der Waals surface area (Å²) in [5.74, 6) is 0.688. The first kappa shape index (κ1) is 124. The van der Waals surface area contributed by atoms with E-state index in [-0.39, 0.29) is 136 Å². The number of amides is 8. The van der Waals surface area contributed by atoms with E-state index in [2.05, 4.69) is 117 Å². The van der Waals surface area contributed by atoms with Crippen LogP contribution in [0.25, 0.3) is 33.4 Å². The number of nitrogens with one attached hydrogen (secondary N) is 9. The summed E-state index contributed by atoms with van der Waals surface area (Å²) in [5.41, 5.74) is 6.08. The van der Waals surface area contributed by atoms with Crippen molar-refractivity contribution in [2.75, 3.05) is 103 Å². The van der Waals surface area contributed by atoms with Crippen LogP contribution < -0.4 is 70.8 Å². The molecule has 0 saturated carbocycles. The number of alkyl halides is 3. The Morgan fingerprint density at radius 3 is 1.23 bits per heavy atom. The van der Waals surface area contributed by atoms with Gasteiger partial charge in [-0.3, -0.25) is 38.3 Å². The van der Waals surface area contributed by atoms with E-state index in [0.717, 1.165) is 85.5 Å². The van der Waals surface area contributed by atoms with Gasteiger partial charge in [-0.2, -0.15) is 46.3 Å². The molecule has 3 aliphatic rings. The molecule has 10 aromatic rings. The summed E-state index contributed by atoms with van der Waals surface area (Å²) in [6.45, 7) is 25.0. The Bertz CT molecular complexity index is 5480. The molecule has 142 heavy (non-hydrogen) atoms. The van der Waals surface area contributed by atoms with E-state index in [1.54, 1.807) is 95.5 Å². The smallest absolute Gasteiger partial charge is 0.757 e. The normalized spacial score (nSPS) is 13.8. The molecule has 8 amide bonds. The average Bonchev–Trinajstić information content (AvgIpc) is 1.34. The molecule has 13 rings (SSSR count). The number of halogens is 8. The molecule has 770 valence electrons. The van der Waals surface area contributed by atoms with Crippen LogP contribution in [0.1, 0.15) is 134 Å². The summed E-state index contributed by atoms with van der Waals surface area (Å²) in [7, 11) is -1.00. The third-order valence-corrected chi connectivity index (χ3v) is 22.4. The fourth-order valence-electron chi connectivity index (χ4n) is 12.4. The first-order valence-corrected chi connectivity index (χ1v) is 48.4. The molecule has 0 unspecified atom stereocenters. The number of ether oxygens (including phenoxy) is 6. The van der Waals surface area contributed by atoms with Gasteiger partial charge in [-0.05, 0) is 175 Å². The molecule has 3 atom stereocenters. The Hall–Kier alpha value is -10.6. The number of carbonyl (C=O) groups excluding carboxylic acids is 9. The van der Waals surface area contributed by atoms with Crippen LogP contribution in [0.5, 0.6) is 0 Å². The molecule has 0 radical (unpaired) electrons. The number of carbonyl (C=O) groups is 9. The zero-order valence-corrected chi connectivity index (χ0v) is 89.5. The second-order valence-electron chi connectivity index (χ2n) is 33.2. The summed E-state index contributed by atoms with van der Waals surface area (Å²) in [6.07, 6.45) is 5.84. The minimum absolute atomic E-state index is 0. The summed E-state index contributed by atoms with van der Waals surface area (Å²) in [4.78, 5) is 111. The van der Waals surface area contributed by atoms with Crippen LogP contribution in [0.3, 0.4) is 0 Å². The van der Waals surface area contributed by atoms with Gasteiger partial charge in [-0.25, -0.2) is 37.1 Å². The Labute approximate surface area is 891 Å². The fraction of sp³-hybridized carbons (Fsp3) is 0.430. The number of hydrogen-bond donors (Lipinski definition) is 9. The average molecular weight is 2190 g/mol. The Morgan fingerprint density at radius 2 is 0.894 bits per heavy atom. The number of aromatic nitrogens is 12. The molecule has 0 bridgehead atoms. The number of aromatic amines is 4. The topological polar surface area (TPSA) is 448 Å². The van der Waals surface area contributed by atoms with E-state index in [0.29, 0.717) is 88.6 Å². The number of esters is 1. The maximum Gasteiger partial charge on any atom is 1.00 e. The van der Waals surface area contributed by atoms with Gasteiger partial charge >= 0.3 is 66.0 Å². The van der Waals surface area contributed by atoms with Crippen molar-refractivity contribution in [1.82, 2.24) is 93.1 Å². The molecular weight excluding hydrogens is 2060 g/mol. The zero-order valence-electron chi connectivity index (χ0n) is 81.2. The molecule has 36 nitrogen and oxygen atoms in total. The van der Waals surface area contributed by atoms with E-state index in [9.17, 15) is 56.3 Å². The van der Waals surface area contributed by atoms with Gasteiger partial charge in [0, 0.05) is 111 Å². The predicted octanol–water partition coefficient (Wildman–Crippen LogP) is 14.7.